The minimum atomic E-state index is -1.15. The third-order valence-corrected chi connectivity index (χ3v) is 4.44. The van der Waals surface area contributed by atoms with E-state index in [9.17, 15) is 9.18 Å². The zero-order valence-electron chi connectivity index (χ0n) is 12.1. The second-order valence-electron chi connectivity index (χ2n) is 5.42. The van der Waals surface area contributed by atoms with Gasteiger partial charge in [-0.1, -0.05) is 35.9 Å². The van der Waals surface area contributed by atoms with Gasteiger partial charge in [0, 0.05) is 16.5 Å². The van der Waals surface area contributed by atoms with Crippen LogP contribution >= 0.6 is 23.2 Å². The number of fused-ring (bicyclic) bond motifs is 2. The third kappa shape index (κ3) is 2.69. The Balaban J connectivity index is 2.01. The molecular formula is C16H14Cl2FN3O. The minimum Gasteiger partial charge on any atom is -0.308 e. The van der Waals surface area contributed by atoms with E-state index in [1.54, 1.807) is 12.1 Å². The van der Waals surface area contributed by atoms with Crippen molar-refractivity contribution in [1.29, 1.82) is 0 Å². The van der Waals surface area contributed by atoms with Crippen molar-refractivity contribution in [2.75, 3.05) is 11.9 Å². The van der Waals surface area contributed by atoms with E-state index in [1.807, 2.05) is 0 Å². The molecule has 2 aliphatic heterocycles. The summed E-state index contributed by atoms with van der Waals surface area (Å²) < 4.78 is 14.7. The fourth-order valence-electron chi connectivity index (χ4n) is 3.16. The number of carbonyl (C=O) groups is 1. The number of carbonyl (C=O) groups excluding carboxylic acids is 1. The van der Waals surface area contributed by atoms with Crippen molar-refractivity contribution in [1.82, 2.24) is 10.3 Å². The number of anilines is 1. The van der Waals surface area contributed by atoms with E-state index in [0.717, 1.165) is 0 Å². The quantitative estimate of drug-likeness (QED) is 0.644. The SMILES string of the molecule is C=C(Cl)/C=C\C=C(/F)C1CCNC12C(=O)Nc1nc(Cl)ccc12. The van der Waals surface area contributed by atoms with Crippen LogP contribution in [0.15, 0.2) is 47.8 Å². The Bertz CT molecular complexity index is 747. The Labute approximate surface area is 143 Å². The summed E-state index contributed by atoms with van der Waals surface area (Å²) in [4.78, 5) is 16.7. The van der Waals surface area contributed by atoms with E-state index in [4.69, 9.17) is 23.2 Å². The number of halogens is 3. The molecule has 2 aliphatic rings. The average molecular weight is 354 g/mol. The molecule has 2 atom stereocenters. The average Bonchev–Trinajstić information content (AvgIpc) is 3.02. The predicted molar refractivity (Wildman–Crippen MR) is 89.0 cm³/mol. The van der Waals surface area contributed by atoms with Gasteiger partial charge < -0.3 is 5.32 Å². The highest BCUT2D eigenvalue weighted by molar-refractivity contribution is 6.30. The highest BCUT2D eigenvalue weighted by Gasteiger charge is 2.57. The van der Waals surface area contributed by atoms with Gasteiger partial charge in [0.2, 0.25) is 0 Å². The second-order valence-corrected chi connectivity index (χ2v) is 6.29. The lowest BCUT2D eigenvalue weighted by Crippen LogP contribution is -2.48. The Morgan fingerprint density at radius 1 is 1.52 bits per heavy atom. The zero-order chi connectivity index (χ0) is 16.6. The first-order chi connectivity index (χ1) is 10.9. The summed E-state index contributed by atoms with van der Waals surface area (Å²) >= 11 is 11.5. The summed E-state index contributed by atoms with van der Waals surface area (Å²) in [6.45, 7) is 4.02. The van der Waals surface area contributed by atoms with Crippen LogP contribution in [-0.2, 0) is 10.3 Å². The van der Waals surface area contributed by atoms with Gasteiger partial charge in [0.05, 0.1) is 0 Å². The molecule has 4 nitrogen and oxygen atoms in total. The number of hydrogen-bond acceptors (Lipinski definition) is 3. The van der Waals surface area contributed by atoms with Crippen LogP contribution in [0.2, 0.25) is 5.15 Å². The van der Waals surface area contributed by atoms with Gasteiger partial charge in [0.25, 0.3) is 5.91 Å². The van der Waals surface area contributed by atoms with Crippen molar-refractivity contribution in [2.45, 2.75) is 12.0 Å². The molecule has 1 fully saturated rings. The highest BCUT2D eigenvalue weighted by atomic mass is 35.5. The van der Waals surface area contributed by atoms with Gasteiger partial charge in [-0.25, -0.2) is 9.37 Å². The fourth-order valence-corrected chi connectivity index (χ4v) is 3.38. The van der Waals surface area contributed by atoms with Crippen LogP contribution in [0.4, 0.5) is 10.2 Å². The first kappa shape index (κ1) is 16.2. The van der Waals surface area contributed by atoms with Gasteiger partial charge in [-0.15, -0.1) is 0 Å². The summed E-state index contributed by atoms with van der Waals surface area (Å²) in [7, 11) is 0. The topological polar surface area (TPSA) is 54.0 Å². The predicted octanol–water partition coefficient (Wildman–Crippen LogP) is 3.65. The molecule has 0 radical (unpaired) electrons. The van der Waals surface area contributed by atoms with E-state index in [2.05, 4.69) is 22.2 Å². The van der Waals surface area contributed by atoms with Crippen LogP contribution in [-0.4, -0.2) is 17.4 Å². The van der Waals surface area contributed by atoms with Crippen molar-refractivity contribution in [3.8, 4) is 0 Å². The number of nitrogens with one attached hydrogen (secondary N) is 2. The van der Waals surface area contributed by atoms with Crippen LogP contribution in [0.1, 0.15) is 12.0 Å². The smallest absolute Gasteiger partial charge is 0.251 e. The van der Waals surface area contributed by atoms with Gasteiger partial charge in [-0.3, -0.25) is 10.1 Å². The fraction of sp³-hybridized carbons (Fsp3) is 0.250. The van der Waals surface area contributed by atoms with Crippen molar-refractivity contribution < 1.29 is 9.18 Å². The summed E-state index contributed by atoms with van der Waals surface area (Å²) in [5, 5.41) is 6.41. The maximum Gasteiger partial charge on any atom is 0.251 e. The molecule has 1 spiro atoms. The van der Waals surface area contributed by atoms with Crippen LogP contribution in [0.25, 0.3) is 0 Å². The first-order valence-corrected chi connectivity index (χ1v) is 7.82. The van der Waals surface area contributed by atoms with E-state index in [0.29, 0.717) is 29.4 Å². The Kier molecular flexibility index (Phi) is 4.27. The van der Waals surface area contributed by atoms with Gasteiger partial charge in [-0.05, 0) is 37.3 Å². The molecule has 0 aromatic carbocycles. The molecule has 0 aliphatic carbocycles. The number of amides is 1. The van der Waals surface area contributed by atoms with Crippen molar-refractivity contribution in [3.63, 3.8) is 0 Å². The lowest BCUT2D eigenvalue weighted by Gasteiger charge is -2.28. The molecule has 3 heterocycles. The number of allylic oxidation sites excluding steroid dienone is 4. The molecule has 1 aromatic rings. The Hall–Kier alpha value is -1.69. The van der Waals surface area contributed by atoms with E-state index in [-0.39, 0.29) is 11.1 Å². The molecular weight excluding hydrogens is 340 g/mol. The Morgan fingerprint density at radius 2 is 2.30 bits per heavy atom. The molecule has 1 amide bonds. The standard InChI is InChI=1S/C16H14Cl2FN3O/c1-9(17)3-2-4-12(19)10-7-8-20-16(10)11-5-6-13(18)21-14(11)22-15(16)23/h2-6,10,20H,1,7-8H2,(H,21,22,23)/b3-2-,12-4-. The lowest BCUT2D eigenvalue weighted by atomic mass is 9.80. The number of hydrogen-bond donors (Lipinski definition) is 2. The number of nitrogens with zero attached hydrogens (tertiary/aromatic N) is 1. The van der Waals surface area contributed by atoms with Crippen LogP contribution < -0.4 is 10.6 Å². The minimum absolute atomic E-state index is 0.273. The molecule has 1 saturated heterocycles. The van der Waals surface area contributed by atoms with Gasteiger partial charge in [0.1, 0.15) is 22.3 Å². The normalized spacial score (nSPS) is 26.8. The van der Waals surface area contributed by atoms with Gasteiger partial charge in [-0.2, -0.15) is 0 Å². The molecule has 2 N–H and O–H groups in total. The van der Waals surface area contributed by atoms with Crippen molar-refractivity contribution >= 4 is 34.9 Å². The van der Waals surface area contributed by atoms with Gasteiger partial charge in [0.15, 0.2) is 0 Å². The van der Waals surface area contributed by atoms with Crippen LogP contribution in [0.3, 0.4) is 0 Å². The second kappa shape index (κ2) is 6.07. The van der Waals surface area contributed by atoms with Crippen LogP contribution in [0.5, 0.6) is 0 Å². The summed E-state index contributed by atoms with van der Waals surface area (Å²) in [5.74, 6) is -0.972. The molecule has 3 rings (SSSR count). The van der Waals surface area contributed by atoms with Crippen LogP contribution in [0, 0.1) is 5.92 Å². The first-order valence-electron chi connectivity index (χ1n) is 7.07. The summed E-state index contributed by atoms with van der Waals surface area (Å²) in [6.07, 6.45) is 4.76. The number of rotatable bonds is 3. The highest BCUT2D eigenvalue weighted by Crippen LogP contribution is 2.47. The monoisotopic (exact) mass is 353 g/mol. The molecule has 120 valence electrons. The molecule has 23 heavy (non-hydrogen) atoms. The van der Waals surface area contributed by atoms with Gasteiger partial charge >= 0.3 is 0 Å². The maximum atomic E-state index is 14.7. The summed E-state index contributed by atoms with van der Waals surface area (Å²) in [5.41, 5.74) is -0.539. The number of pyridine rings is 1. The van der Waals surface area contributed by atoms with Crippen molar-refractivity contribution in [3.05, 3.63) is 58.5 Å². The number of aromatic nitrogens is 1. The van der Waals surface area contributed by atoms with E-state index >= 15 is 0 Å². The van der Waals surface area contributed by atoms with E-state index in [1.165, 1.54) is 18.2 Å². The lowest BCUT2D eigenvalue weighted by molar-refractivity contribution is -0.122. The molecule has 0 saturated carbocycles. The van der Waals surface area contributed by atoms with Crippen molar-refractivity contribution in [2.24, 2.45) is 5.92 Å². The molecule has 2 unspecified atom stereocenters. The Morgan fingerprint density at radius 3 is 3.04 bits per heavy atom. The maximum absolute atomic E-state index is 14.7. The largest absolute Gasteiger partial charge is 0.308 e. The summed E-state index contributed by atoms with van der Waals surface area (Å²) in [6, 6.07) is 3.30. The van der Waals surface area contributed by atoms with E-state index < -0.39 is 17.3 Å². The molecule has 0 bridgehead atoms. The third-order valence-electron chi connectivity index (χ3n) is 4.10. The molecule has 1 aromatic heterocycles. The molecule has 7 heteroatoms. The zero-order valence-corrected chi connectivity index (χ0v) is 13.6.